The first-order chi connectivity index (χ1) is 10.4. The molecule has 1 heterocycles. The lowest BCUT2D eigenvalue weighted by Gasteiger charge is -2.18. The largest absolute Gasteiger partial charge is 0.488 e. The van der Waals surface area contributed by atoms with Crippen LogP contribution in [-0.2, 0) is 14.6 Å². The van der Waals surface area contributed by atoms with Gasteiger partial charge in [-0.2, -0.15) is 0 Å². The molecule has 0 bridgehead atoms. The lowest BCUT2D eigenvalue weighted by Crippen LogP contribution is -2.33. The van der Waals surface area contributed by atoms with Crippen molar-refractivity contribution in [2.45, 2.75) is 35.7 Å². The minimum atomic E-state index is -3.15. The maximum Gasteiger partial charge on any atom is 0.341 e. The number of anilines is 1. The highest BCUT2D eigenvalue weighted by molar-refractivity contribution is 7.94. The molecule has 8 heteroatoms. The van der Waals surface area contributed by atoms with Crippen LogP contribution in [0.25, 0.3) is 0 Å². The van der Waals surface area contributed by atoms with Gasteiger partial charge in [-0.3, -0.25) is 4.98 Å². The number of hydrogen-bond acceptors (Lipinski definition) is 7. The fourth-order valence-corrected chi connectivity index (χ4v) is 4.79. The van der Waals surface area contributed by atoms with Crippen molar-refractivity contribution in [2.75, 3.05) is 19.5 Å². The standard InChI is InChI=1S/C14H18N2O5S/c1-20-13(17)10-6-16-7-11(12(10)15)21-8-14(4-5-14)22(18,19)9-2-3-9/h6-7,9H,2-5,8H2,1H3,(H2,15,16). The third-order valence-corrected chi connectivity index (χ3v) is 7.30. The van der Waals surface area contributed by atoms with Crippen LogP contribution >= 0.6 is 0 Å². The number of esters is 1. The van der Waals surface area contributed by atoms with Gasteiger partial charge in [-0.25, -0.2) is 13.2 Å². The number of nitrogens with two attached hydrogens (primary N) is 1. The van der Waals surface area contributed by atoms with Crippen molar-refractivity contribution in [3.05, 3.63) is 18.0 Å². The summed E-state index contributed by atoms with van der Waals surface area (Å²) in [6, 6.07) is 0. The number of aromatic nitrogens is 1. The normalized spacial score (nSPS) is 19.5. The van der Waals surface area contributed by atoms with Crippen molar-refractivity contribution in [1.29, 1.82) is 0 Å². The molecule has 7 nitrogen and oxygen atoms in total. The summed E-state index contributed by atoms with van der Waals surface area (Å²) in [5.74, 6) is -0.401. The second kappa shape index (κ2) is 5.12. The Bertz CT molecular complexity index is 708. The molecule has 0 aromatic carbocycles. The summed E-state index contributed by atoms with van der Waals surface area (Å²) in [6.07, 6.45) is 5.37. The summed E-state index contributed by atoms with van der Waals surface area (Å²) in [5.41, 5.74) is 6.09. The first-order valence-electron chi connectivity index (χ1n) is 7.09. The Labute approximate surface area is 128 Å². The number of nitrogens with zero attached hydrogens (tertiary/aromatic N) is 1. The molecule has 2 aliphatic carbocycles. The maximum absolute atomic E-state index is 12.4. The summed E-state index contributed by atoms with van der Waals surface area (Å²) in [7, 11) is -1.90. The van der Waals surface area contributed by atoms with Gasteiger partial charge in [-0.15, -0.1) is 0 Å². The molecule has 0 spiro atoms. The van der Waals surface area contributed by atoms with E-state index in [0.29, 0.717) is 12.8 Å². The van der Waals surface area contributed by atoms with Crippen LogP contribution in [0.5, 0.6) is 5.75 Å². The number of carbonyl (C=O) groups excluding carboxylic acids is 1. The van der Waals surface area contributed by atoms with E-state index in [4.69, 9.17) is 10.5 Å². The highest BCUT2D eigenvalue weighted by Gasteiger charge is 2.60. The Morgan fingerprint density at radius 2 is 2.09 bits per heavy atom. The molecule has 2 N–H and O–H groups in total. The number of pyridine rings is 1. The molecule has 0 radical (unpaired) electrons. The highest BCUT2D eigenvalue weighted by atomic mass is 32.2. The number of rotatable bonds is 6. The van der Waals surface area contributed by atoms with Gasteiger partial charge in [0.15, 0.2) is 15.6 Å². The van der Waals surface area contributed by atoms with Crippen LogP contribution in [0, 0.1) is 0 Å². The van der Waals surface area contributed by atoms with Crippen LogP contribution in [-0.4, -0.2) is 43.1 Å². The molecule has 3 rings (SSSR count). The van der Waals surface area contributed by atoms with Gasteiger partial charge in [-0.1, -0.05) is 0 Å². The molecule has 120 valence electrons. The highest BCUT2D eigenvalue weighted by Crippen LogP contribution is 2.50. The number of ether oxygens (including phenoxy) is 2. The Morgan fingerprint density at radius 1 is 1.41 bits per heavy atom. The number of methoxy groups -OCH3 is 1. The SMILES string of the molecule is COC(=O)c1cncc(OCC2(S(=O)(=O)C3CC3)CC2)c1N. The van der Waals surface area contributed by atoms with Gasteiger partial charge in [0.2, 0.25) is 0 Å². The molecule has 2 fully saturated rings. The molecular formula is C14H18N2O5S. The predicted molar refractivity (Wildman–Crippen MR) is 79.4 cm³/mol. The number of hydrogen-bond donors (Lipinski definition) is 1. The second-order valence-corrected chi connectivity index (χ2v) is 8.43. The summed E-state index contributed by atoms with van der Waals surface area (Å²) >= 11 is 0. The zero-order valence-corrected chi connectivity index (χ0v) is 13.1. The predicted octanol–water partition coefficient (Wildman–Crippen LogP) is 0.939. The van der Waals surface area contributed by atoms with Crippen molar-refractivity contribution in [1.82, 2.24) is 4.98 Å². The number of carbonyl (C=O) groups is 1. The van der Waals surface area contributed by atoms with Crippen molar-refractivity contribution >= 4 is 21.5 Å². The van der Waals surface area contributed by atoms with Gasteiger partial charge in [-0.05, 0) is 25.7 Å². The second-order valence-electron chi connectivity index (χ2n) is 5.81. The Hall–Kier alpha value is -1.83. The van der Waals surface area contributed by atoms with Crippen LogP contribution < -0.4 is 10.5 Å². The average molecular weight is 326 g/mol. The third-order valence-electron chi connectivity index (χ3n) is 4.22. The summed E-state index contributed by atoms with van der Waals surface area (Å²) in [5, 5.41) is -0.213. The summed E-state index contributed by atoms with van der Waals surface area (Å²) in [6.45, 7) is 0.0440. The average Bonchev–Trinajstić information content (AvgIpc) is 3.38. The van der Waals surface area contributed by atoms with Crippen LogP contribution in [0.3, 0.4) is 0 Å². The van der Waals surface area contributed by atoms with Gasteiger partial charge in [0, 0.05) is 6.20 Å². The van der Waals surface area contributed by atoms with Gasteiger partial charge in [0.05, 0.1) is 24.2 Å². The minimum absolute atomic E-state index is 0.0440. The van der Waals surface area contributed by atoms with Gasteiger partial charge < -0.3 is 15.2 Å². The number of nitrogen functional groups attached to an aromatic ring is 1. The maximum atomic E-state index is 12.4. The van der Waals surface area contributed by atoms with Crippen molar-refractivity contribution < 1.29 is 22.7 Å². The van der Waals surface area contributed by atoms with Crippen molar-refractivity contribution in [3.8, 4) is 5.75 Å². The molecule has 2 aliphatic rings. The zero-order chi connectivity index (χ0) is 16.0. The van der Waals surface area contributed by atoms with Gasteiger partial charge in [0.1, 0.15) is 16.9 Å². The first-order valence-corrected chi connectivity index (χ1v) is 8.64. The van der Waals surface area contributed by atoms with Gasteiger partial charge in [0.25, 0.3) is 0 Å². The van der Waals surface area contributed by atoms with Crippen LogP contribution in [0.2, 0.25) is 0 Å². The van der Waals surface area contributed by atoms with Crippen LogP contribution in [0.15, 0.2) is 12.4 Å². The molecule has 2 saturated carbocycles. The van der Waals surface area contributed by atoms with E-state index < -0.39 is 20.6 Å². The molecule has 0 amide bonds. The molecule has 1 aromatic rings. The molecule has 0 saturated heterocycles. The Kier molecular flexibility index (Phi) is 3.51. The lowest BCUT2D eigenvalue weighted by atomic mass is 10.2. The zero-order valence-electron chi connectivity index (χ0n) is 12.2. The van der Waals surface area contributed by atoms with E-state index in [0.717, 1.165) is 12.8 Å². The van der Waals surface area contributed by atoms with E-state index in [9.17, 15) is 13.2 Å². The van der Waals surface area contributed by atoms with E-state index in [1.54, 1.807) is 0 Å². The molecule has 0 atom stereocenters. The Balaban J connectivity index is 1.76. The van der Waals surface area contributed by atoms with E-state index in [2.05, 4.69) is 9.72 Å². The molecule has 1 aromatic heterocycles. The molecule has 0 unspecified atom stereocenters. The summed E-state index contributed by atoms with van der Waals surface area (Å²) in [4.78, 5) is 15.5. The van der Waals surface area contributed by atoms with E-state index in [-0.39, 0.29) is 28.9 Å². The lowest BCUT2D eigenvalue weighted by molar-refractivity contribution is 0.0601. The van der Waals surface area contributed by atoms with Gasteiger partial charge >= 0.3 is 5.97 Å². The van der Waals surface area contributed by atoms with Crippen LogP contribution in [0.4, 0.5) is 5.69 Å². The molecule has 0 aliphatic heterocycles. The minimum Gasteiger partial charge on any atom is -0.488 e. The Morgan fingerprint density at radius 3 is 2.64 bits per heavy atom. The van der Waals surface area contributed by atoms with E-state index in [1.165, 1.54) is 19.5 Å². The summed E-state index contributed by atoms with van der Waals surface area (Å²) < 4.78 is 34.2. The molecular weight excluding hydrogens is 308 g/mol. The third kappa shape index (κ3) is 2.41. The van der Waals surface area contributed by atoms with E-state index >= 15 is 0 Å². The molecule has 22 heavy (non-hydrogen) atoms. The fraction of sp³-hybridized carbons (Fsp3) is 0.571. The smallest absolute Gasteiger partial charge is 0.341 e. The van der Waals surface area contributed by atoms with Crippen molar-refractivity contribution in [2.24, 2.45) is 0 Å². The van der Waals surface area contributed by atoms with Crippen LogP contribution in [0.1, 0.15) is 36.0 Å². The van der Waals surface area contributed by atoms with Crippen molar-refractivity contribution in [3.63, 3.8) is 0 Å². The first kappa shape index (κ1) is 15.1. The number of sulfone groups is 1. The fourth-order valence-electron chi connectivity index (χ4n) is 2.43. The quantitative estimate of drug-likeness (QED) is 0.775. The topological polar surface area (TPSA) is 109 Å². The van der Waals surface area contributed by atoms with E-state index in [1.807, 2.05) is 0 Å². The monoisotopic (exact) mass is 326 g/mol.